The molecule has 140 valence electrons. The van der Waals surface area contributed by atoms with E-state index in [0.717, 1.165) is 12.8 Å². The Labute approximate surface area is 155 Å². The highest BCUT2D eigenvalue weighted by atomic mass is 32.1. The van der Waals surface area contributed by atoms with E-state index >= 15 is 0 Å². The molecule has 0 aromatic carbocycles. The van der Waals surface area contributed by atoms with Crippen LogP contribution < -0.4 is 10.2 Å². The lowest BCUT2D eigenvalue weighted by Crippen LogP contribution is -2.45. The number of piperidine rings is 1. The molecule has 1 saturated carbocycles. The first kappa shape index (κ1) is 17.3. The average Bonchev–Trinajstić information content (AvgIpc) is 3.31. The van der Waals surface area contributed by atoms with Gasteiger partial charge in [0.25, 0.3) is 4.96 Å². The third-order valence-electron chi connectivity index (χ3n) is 5.50. The van der Waals surface area contributed by atoms with E-state index < -0.39 is 0 Å². The lowest BCUT2D eigenvalue weighted by atomic mass is 10.0. The van der Waals surface area contributed by atoms with Crippen molar-refractivity contribution in [2.24, 2.45) is 5.92 Å². The smallest absolute Gasteiger partial charge is 0.358 e. The van der Waals surface area contributed by atoms with Crippen molar-refractivity contribution in [3.63, 3.8) is 0 Å². The molecule has 2 aromatic rings. The number of nitrogens with zero attached hydrogens (tertiary/aromatic N) is 4. The molecule has 1 saturated heterocycles. The molecule has 3 heterocycles. The van der Waals surface area contributed by atoms with E-state index in [9.17, 15) is 14.9 Å². The Kier molecular flexibility index (Phi) is 4.80. The number of hydrogen-bond acceptors (Lipinski definition) is 6. The second-order valence-corrected chi connectivity index (χ2v) is 8.13. The fourth-order valence-electron chi connectivity index (χ4n) is 4.14. The van der Waals surface area contributed by atoms with Gasteiger partial charge in [0.15, 0.2) is 0 Å². The summed E-state index contributed by atoms with van der Waals surface area (Å²) >= 11 is 1.39. The zero-order valence-electron chi connectivity index (χ0n) is 14.6. The van der Waals surface area contributed by atoms with Crippen LogP contribution in [0.25, 0.3) is 4.96 Å². The second kappa shape index (κ2) is 7.22. The fourth-order valence-corrected chi connectivity index (χ4v) is 4.85. The van der Waals surface area contributed by atoms with Gasteiger partial charge in [0.2, 0.25) is 11.7 Å². The van der Waals surface area contributed by atoms with Crippen molar-refractivity contribution < 1.29 is 9.72 Å². The summed E-state index contributed by atoms with van der Waals surface area (Å²) in [6, 6.07) is 0.156. The SMILES string of the molecule is O=C(CC1CCCC1)NC1CCN(c2nc3sccn3c2[N+](=O)[O-])CC1. The molecule has 8 nitrogen and oxygen atoms in total. The molecule has 0 spiro atoms. The zero-order valence-corrected chi connectivity index (χ0v) is 15.4. The molecule has 9 heteroatoms. The molecule has 4 rings (SSSR count). The first-order valence-corrected chi connectivity index (χ1v) is 10.1. The molecule has 1 aliphatic heterocycles. The molecule has 1 amide bonds. The zero-order chi connectivity index (χ0) is 18.1. The molecular formula is C17H23N5O3S. The van der Waals surface area contributed by atoms with Crippen LogP contribution >= 0.6 is 11.3 Å². The lowest BCUT2D eigenvalue weighted by molar-refractivity contribution is -0.389. The lowest BCUT2D eigenvalue weighted by Gasteiger charge is -2.32. The summed E-state index contributed by atoms with van der Waals surface area (Å²) in [4.78, 5) is 30.4. The molecular weight excluding hydrogens is 354 g/mol. The number of nitrogens with one attached hydrogen (secondary N) is 1. The quantitative estimate of drug-likeness (QED) is 0.639. The molecule has 26 heavy (non-hydrogen) atoms. The maximum atomic E-state index is 12.2. The minimum Gasteiger partial charge on any atom is -0.358 e. The van der Waals surface area contributed by atoms with Crippen molar-refractivity contribution in [2.75, 3.05) is 18.0 Å². The number of carbonyl (C=O) groups is 1. The van der Waals surface area contributed by atoms with E-state index in [1.54, 1.807) is 11.6 Å². The summed E-state index contributed by atoms with van der Waals surface area (Å²) in [6.07, 6.45) is 8.75. The summed E-state index contributed by atoms with van der Waals surface area (Å²) in [5, 5.41) is 16.4. The third-order valence-corrected chi connectivity index (χ3v) is 6.26. The van der Waals surface area contributed by atoms with Gasteiger partial charge in [-0.05, 0) is 36.5 Å². The van der Waals surface area contributed by atoms with Gasteiger partial charge >= 0.3 is 5.82 Å². The van der Waals surface area contributed by atoms with Crippen molar-refractivity contribution in [2.45, 2.75) is 51.0 Å². The summed E-state index contributed by atoms with van der Waals surface area (Å²) in [5.74, 6) is 1.18. The van der Waals surface area contributed by atoms with Crippen LogP contribution in [0, 0.1) is 16.0 Å². The number of imidazole rings is 1. The number of aromatic nitrogens is 2. The number of amides is 1. The van der Waals surface area contributed by atoms with Crippen LogP contribution in [0.1, 0.15) is 44.9 Å². The molecule has 0 atom stereocenters. The Hall–Kier alpha value is -2.16. The predicted molar refractivity (Wildman–Crippen MR) is 99.7 cm³/mol. The molecule has 0 radical (unpaired) electrons. The summed E-state index contributed by atoms with van der Waals surface area (Å²) in [5.41, 5.74) is 0. The molecule has 0 unspecified atom stereocenters. The Balaban J connectivity index is 1.36. The minimum atomic E-state index is -0.364. The van der Waals surface area contributed by atoms with Gasteiger partial charge < -0.3 is 20.3 Å². The van der Waals surface area contributed by atoms with Crippen LogP contribution in [0.3, 0.4) is 0 Å². The summed E-state index contributed by atoms with van der Waals surface area (Å²) in [6.45, 7) is 1.33. The number of thiazole rings is 1. The first-order valence-electron chi connectivity index (χ1n) is 9.26. The van der Waals surface area contributed by atoms with Gasteiger partial charge in [-0.1, -0.05) is 24.2 Å². The number of hydrogen-bond donors (Lipinski definition) is 1. The fraction of sp³-hybridized carbons (Fsp3) is 0.647. The molecule has 1 N–H and O–H groups in total. The minimum absolute atomic E-state index is 0.0324. The predicted octanol–water partition coefficient (Wildman–Crippen LogP) is 2.97. The number of nitro groups is 1. The number of fused-ring (bicyclic) bond motifs is 1. The van der Waals surface area contributed by atoms with Crippen LogP contribution in [-0.2, 0) is 4.79 Å². The molecule has 0 bridgehead atoms. The van der Waals surface area contributed by atoms with Crippen molar-refractivity contribution in [1.82, 2.24) is 14.7 Å². The standard InChI is InChI=1S/C17H23N5O3S/c23-14(11-12-3-1-2-4-12)18-13-5-7-20(8-6-13)15-16(22(24)25)21-9-10-26-17(21)19-15/h9-10,12-13H,1-8,11H2,(H,18,23). The van der Waals surface area contributed by atoms with Crippen molar-refractivity contribution in [3.05, 3.63) is 21.7 Å². The normalized spacial score (nSPS) is 19.3. The van der Waals surface area contributed by atoms with Gasteiger partial charge in [0, 0.05) is 30.9 Å². The number of carbonyl (C=O) groups excluding carboxylic acids is 1. The number of rotatable bonds is 5. The van der Waals surface area contributed by atoms with E-state index in [-0.39, 0.29) is 22.7 Å². The van der Waals surface area contributed by atoms with Gasteiger partial charge in [0.1, 0.15) is 6.20 Å². The molecule has 1 aliphatic carbocycles. The largest absolute Gasteiger partial charge is 0.373 e. The van der Waals surface area contributed by atoms with Gasteiger partial charge in [0.05, 0.1) is 0 Å². The molecule has 2 aromatic heterocycles. The highest BCUT2D eigenvalue weighted by Crippen LogP contribution is 2.32. The Morgan fingerprint density at radius 3 is 2.73 bits per heavy atom. The van der Waals surface area contributed by atoms with Crippen LogP contribution in [-0.4, -0.2) is 39.3 Å². The average molecular weight is 377 g/mol. The monoisotopic (exact) mass is 377 g/mol. The van der Waals surface area contributed by atoms with E-state index in [1.807, 2.05) is 4.90 Å². The van der Waals surface area contributed by atoms with Crippen molar-refractivity contribution >= 4 is 33.8 Å². The van der Waals surface area contributed by atoms with E-state index in [4.69, 9.17) is 0 Å². The van der Waals surface area contributed by atoms with Crippen LogP contribution in [0.15, 0.2) is 11.6 Å². The number of anilines is 1. The van der Waals surface area contributed by atoms with Gasteiger partial charge in [-0.15, -0.1) is 0 Å². The highest BCUT2D eigenvalue weighted by Gasteiger charge is 2.31. The Bertz CT molecular complexity index is 803. The van der Waals surface area contributed by atoms with Crippen molar-refractivity contribution in [3.8, 4) is 0 Å². The van der Waals surface area contributed by atoms with Crippen LogP contribution in [0.4, 0.5) is 11.6 Å². The summed E-state index contributed by atoms with van der Waals surface area (Å²) < 4.78 is 1.54. The van der Waals surface area contributed by atoms with E-state index in [1.165, 1.54) is 41.4 Å². The van der Waals surface area contributed by atoms with Gasteiger partial charge in [-0.3, -0.25) is 4.79 Å². The third kappa shape index (κ3) is 3.40. The first-order chi connectivity index (χ1) is 12.6. The van der Waals surface area contributed by atoms with Crippen LogP contribution in [0.2, 0.25) is 0 Å². The Morgan fingerprint density at radius 1 is 1.31 bits per heavy atom. The maximum absolute atomic E-state index is 12.2. The Morgan fingerprint density at radius 2 is 2.04 bits per heavy atom. The molecule has 2 fully saturated rings. The topological polar surface area (TPSA) is 92.8 Å². The maximum Gasteiger partial charge on any atom is 0.373 e. The van der Waals surface area contributed by atoms with Gasteiger partial charge in [-0.25, -0.2) is 0 Å². The second-order valence-electron chi connectivity index (χ2n) is 7.26. The van der Waals surface area contributed by atoms with E-state index in [0.29, 0.717) is 36.2 Å². The van der Waals surface area contributed by atoms with Crippen molar-refractivity contribution in [1.29, 1.82) is 0 Å². The summed E-state index contributed by atoms with van der Waals surface area (Å²) in [7, 11) is 0. The van der Waals surface area contributed by atoms with E-state index in [2.05, 4.69) is 10.3 Å². The highest BCUT2D eigenvalue weighted by molar-refractivity contribution is 7.15. The van der Waals surface area contributed by atoms with Crippen LogP contribution in [0.5, 0.6) is 0 Å². The molecule has 2 aliphatic rings. The van der Waals surface area contributed by atoms with Gasteiger partial charge in [-0.2, -0.15) is 9.38 Å².